The van der Waals surface area contributed by atoms with Crippen molar-refractivity contribution < 1.29 is 22.9 Å². The van der Waals surface area contributed by atoms with E-state index in [0.717, 1.165) is 24.3 Å². The summed E-state index contributed by atoms with van der Waals surface area (Å²) in [7, 11) is -4.01. The van der Waals surface area contributed by atoms with Gasteiger partial charge in [-0.05, 0) is 36.8 Å². The fraction of sp³-hybridized carbons (Fsp3) is 0.188. The Morgan fingerprint density at radius 1 is 1.16 bits per heavy atom. The second-order valence-electron chi connectivity index (χ2n) is 5.17. The monoisotopic (exact) mass is 383 g/mol. The van der Waals surface area contributed by atoms with Gasteiger partial charge in [0.2, 0.25) is 0 Å². The number of nitro groups is 1. The van der Waals surface area contributed by atoms with Gasteiger partial charge in [0.25, 0.3) is 5.69 Å². The number of nitrogens with zero attached hydrogens (tertiary/aromatic N) is 1. The van der Waals surface area contributed by atoms with E-state index in [1.54, 1.807) is 24.3 Å². The summed E-state index contributed by atoms with van der Waals surface area (Å²) in [5.74, 6) is -0.909. The Kier molecular flexibility index (Phi) is 5.76. The molecule has 7 nitrogen and oxygen atoms in total. The minimum Gasteiger partial charge on any atom is -0.460 e. The molecule has 0 bridgehead atoms. The van der Waals surface area contributed by atoms with Crippen molar-refractivity contribution in [2.75, 3.05) is 0 Å². The highest BCUT2D eigenvalue weighted by atomic mass is 35.5. The number of carbonyl (C=O) groups is 1. The Balaban J connectivity index is 2.08. The van der Waals surface area contributed by atoms with Gasteiger partial charge in [0.1, 0.15) is 6.61 Å². The zero-order valence-corrected chi connectivity index (χ0v) is 14.7. The Bertz CT molecular complexity index is 878. The fourth-order valence-electron chi connectivity index (χ4n) is 1.94. The molecular formula is C16H14ClNO6S. The summed E-state index contributed by atoms with van der Waals surface area (Å²) in [6.45, 7) is 1.12. The number of halogens is 1. The van der Waals surface area contributed by atoms with Gasteiger partial charge < -0.3 is 4.74 Å². The molecule has 132 valence electrons. The van der Waals surface area contributed by atoms with E-state index < -0.39 is 26.0 Å². The Hall–Kier alpha value is -2.45. The van der Waals surface area contributed by atoms with Crippen molar-refractivity contribution in [3.8, 4) is 0 Å². The van der Waals surface area contributed by atoms with Crippen molar-refractivity contribution in [1.82, 2.24) is 0 Å². The second-order valence-corrected chi connectivity index (χ2v) is 7.88. The van der Waals surface area contributed by atoms with Crippen LogP contribution in [0.25, 0.3) is 0 Å². The minimum atomic E-state index is -4.01. The number of esters is 1. The molecule has 0 unspecified atom stereocenters. The second kappa shape index (κ2) is 7.62. The zero-order valence-electron chi connectivity index (χ0n) is 13.1. The van der Waals surface area contributed by atoms with Gasteiger partial charge in [0.15, 0.2) is 15.1 Å². The van der Waals surface area contributed by atoms with E-state index in [-0.39, 0.29) is 17.2 Å². The summed E-state index contributed by atoms with van der Waals surface area (Å²) < 4.78 is 29.9. The molecule has 0 saturated carbocycles. The largest absolute Gasteiger partial charge is 0.460 e. The molecule has 1 atom stereocenters. The first kappa shape index (κ1) is 18.9. The maximum atomic E-state index is 12.4. The fourth-order valence-corrected chi connectivity index (χ4v) is 3.31. The highest BCUT2D eigenvalue weighted by molar-refractivity contribution is 7.92. The van der Waals surface area contributed by atoms with Crippen molar-refractivity contribution in [1.29, 1.82) is 0 Å². The van der Waals surface area contributed by atoms with Crippen LogP contribution in [0.2, 0.25) is 5.02 Å². The van der Waals surface area contributed by atoms with E-state index in [9.17, 15) is 23.3 Å². The number of sulfone groups is 1. The predicted molar refractivity (Wildman–Crippen MR) is 91.0 cm³/mol. The van der Waals surface area contributed by atoms with E-state index in [2.05, 4.69) is 0 Å². The van der Waals surface area contributed by atoms with Gasteiger partial charge in [-0.3, -0.25) is 14.9 Å². The molecule has 0 spiro atoms. The SMILES string of the molecule is C[C@@H](C(=O)OCc1ccc(Cl)cc1)S(=O)(=O)c1ccc([N+](=O)[O-])cc1. The number of hydrogen-bond donors (Lipinski definition) is 0. The molecule has 0 aliphatic heterocycles. The first-order valence-corrected chi connectivity index (χ1v) is 9.03. The molecule has 2 aromatic carbocycles. The van der Waals surface area contributed by atoms with Crippen LogP contribution in [0.3, 0.4) is 0 Å². The number of rotatable bonds is 6. The zero-order chi connectivity index (χ0) is 18.6. The summed E-state index contributed by atoms with van der Waals surface area (Å²) in [5.41, 5.74) is 0.426. The lowest BCUT2D eigenvalue weighted by molar-refractivity contribution is -0.384. The number of non-ortho nitro benzene ring substituents is 1. The lowest BCUT2D eigenvalue weighted by Gasteiger charge is -2.13. The predicted octanol–water partition coefficient (Wildman–Crippen LogP) is 3.15. The molecule has 9 heteroatoms. The minimum absolute atomic E-state index is 0.0872. The molecule has 0 saturated heterocycles. The molecule has 0 amide bonds. The third kappa shape index (κ3) is 4.55. The lowest BCUT2D eigenvalue weighted by Crippen LogP contribution is -2.29. The van der Waals surface area contributed by atoms with Crippen molar-refractivity contribution in [2.45, 2.75) is 23.7 Å². The smallest absolute Gasteiger partial charge is 0.324 e. The first-order chi connectivity index (χ1) is 11.7. The summed E-state index contributed by atoms with van der Waals surface area (Å²) in [5, 5.41) is 9.71. The Morgan fingerprint density at radius 3 is 2.24 bits per heavy atom. The van der Waals surface area contributed by atoms with Gasteiger partial charge in [-0.15, -0.1) is 0 Å². The molecule has 2 aromatic rings. The van der Waals surface area contributed by atoms with E-state index in [1.807, 2.05) is 0 Å². The third-order valence-corrected chi connectivity index (χ3v) is 5.77. The maximum absolute atomic E-state index is 12.4. The van der Waals surface area contributed by atoms with Crippen LogP contribution >= 0.6 is 11.6 Å². The summed E-state index contributed by atoms with van der Waals surface area (Å²) >= 11 is 5.75. The Morgan fingerprint density at radius 2 is 1.72 bits per heavy atom. The van der Waals surface area contributed by atoms with Crippen molar-refractivity contribution in [2.24, 2.45) is 0 Å². The highest BCUT2D eigenvalue weighted by Crippen LogP contribution is 2.21. The van der Waals surface area contributed by atoms with Gasteiger partial charge >= 0.3 is 5.97 Å². The molecule has 0 fully saturated rings. The quantitative estimate of drug-likeness (QED) is 0.431. The number of ether oxygens (including phenoxy) is 1. The maximum Gasteiger partial charge on any atom is 0.324 e. The molecule has 0 aliphatic rings. The molecule has 0 aromatic heterocycles. The number of carbonyl (C=O) groups excluding carboxylic acids is 1. The third-order valence-electron chi connectivity index (χ3n) is 3.47. The standard InChI is InChI=1S/C16H14ClNO6S/c1-11(16(19)24-10-12-2-4-13(17)5-3-12)25(22,23)15-8-6-14(7-9-15)18(20)21/h2-9,11H,10H2,1H3/t11-/m0/s1. The van der Waals surface area contributed by atoms with Crippen LogP contribution in [0.5, 0.6) is 0 Å². The number of benzene rings is 2. The van der Waals surface area contributed by atoms with E-state index in [0.29, 0.717) is 10.6 Å². The van der Waals surface area contributed by atoms with Crippen molar-refractivity contribution >= 4 is 33.1 Å². The molecule has 0 heterocycles. The first-order valence-electron chi connectivity index (χ1n) is 7.11. The van der Waals surface area contributed by atoms with Gasteiger partial charge in [0, 0.05) is 17.2 Å². The van der Waals surface area contributed by atoms with Gasteiger partial charge in [-0.25, -0.2) is 8.42 Å². The van der Waals surface area contributed by atoms with Gasteiger partial charge in [-0.1, -0.05) is 23.7 Å². The molecule has 0 N–H and O–H groups in total. The molecule has 0 radical (unpaired) electrons. The Labute approximate surface area is 149 Å². The topological polar surface area (TPSA) is 104 Å². The van der Waals surface area contributed by atoms with Crippen molar-refractivity contribution in [3.63, 3.8) is 0 Å². The highest BCUT2D eigenvalue weighted by Gasteiger charge is 2.31. The summed E-state index contributed by atoms with van der Waals surface area (Å²) in [4.78, 5) is 21.8. The van der Waals surface area contributed by atoms with Crippen LogP contribution in [0.1, 0.15) is 12.5 Å². The normalized spacial score (nSPS) is 12.4. The molecule has 2 rings (SSSR count). The van der Waals surface area contributed by atoms with Crippen LogP contribution in [-0.2, 0) is 26.0 Å². The average Bonchev–Trinajstić information content (AvgIpc) is 2.60. The summed E-state index contributed by atoms with van der Waals surface area (Å²) in [6.07, 6.45) is 0. The van der Waals surface area contributed by atoms with Crippen LogP contribution < -0.4 is 0 Å². The number of nitro benzene ring substituents is 1. The molecular weight excluding hydrogens is 370 g/mol. The van der Waals surface area contributed by atoms with Gasteiger partial charge in [-0.2, -0.15) is 0 Å². The average molecular weight is 384 g/mol. The number of hydrogen-bond acceptors (Lipinski definition) is 6. The molecule has 25 heavy (non-hydrogen) atoms. The lowest BCUT2D eigenvalue weighted by atomic mass is 10.2. The van der Waals surface area contributed by atoms with Gasteiger partial charge in [0.05, 0.1) is 9.82 Å². The van der Waals surface area contributed by atoms with Crippen LogP contribution in [0, 0.1) is 10.1 Å². The summed E-state index contributed by atoms with van der Waals surface area (Å²) in [6, 6.07) is 10.9. The van der Waals surface area contributed by atoms with Crippen LogP contribution in [0.4, 0.5) is 5.69 Å². The molecule has 0 aliphatic carbocycles. The van der Waals surface area contributed by atoms with E-state index in [1.165, 1.54) is 6.92 Å². The van der Waals surface area contributed by atoms with Crippen LogP contribution in [0.15, 0.2) is 53.4 Å². The van der Waals surface area contributed by atoms with Crippen molar-refractivity contribution in [3.05, 3.63) is 69.2 Å². The van der Waals surface area contributed by atoms with Crippen LogP contribution in [-0.4, -0.2) is 24.6 Å². The van der Waals surface area contributed by atoms with E-state index in [4.69, 9.17) is 16.3 Å². The van der Waals surface area contributed by atoms with E-state index >= 15 is 0 Å².